The number of hydrogen-bond donors (Lipinski definition) is 1. The van der Waals surface area contributed by atoms with Crippen molar-refractivity contribution >= 4 is 5.91 Å². The molecule has 120 valence electrons. The van der Waals surface area contributed by atoms with Crippen LogP contribution in [0.3, 0.4) is 0 Å². The Morgan fingerprint density at radius 3 is 2.50 bits per heavy atom. The molecule has 3 nitrogen and oxygen atoms in total. The van der Waals surface area contributed by atoms with E-state index in [1.165, 1.54) is 24.0 Å². The van der Waals surface area contributed by atoms with Crippen LogP contribution in [-0.4, -0.2) is 35.6 Å². The van der Waals surface area contributed by atoms with Crippen LogP contribution in [0.15, 0.2) is 18.2 Å². The Morgan fingerprint density at radius 1 is 1.18 bits per heavy atom. The molecule has 1 fully saturated rings. The summed E-state index contributed by atoms with van der Waals surface area (Å²) in [6.07, 6.45) is 7.59. The number of hydrogen-bond acceptors (Lipinski definition) is 2. The van der Waals surface area contributed by atoms with Gasteiger partial charge in [-0.15, -0.1) is 0 Å². The molecule has 0 atom stereocenters. The molecule has 1 saturated heterocycles. The van der Waals surface area contributed by atoms with Gasteiger partial charge in [0.25, 0.3) is 5.91 Å². The number of likely N-dealkylation sites (tertiary alicyclic amines) is 1. The first-order valence-corrected chi connectivity index (χ1v) is 8.69. The Hall–Kier alpha value is -1.35. The monoisotopic (exact) mass is 301 g/mol. The number of fused-ring (bicyclic) bond motifs is 1. The average molecular weight is 301 g/mol. The summed E-state index contributed by atoms with van der Waals surface area (Å²) < 4.78 is 0. The number of aliphatic hydroxyl groups is 1. The fraction of sp³-hybridized carbons (Fsp3) is 0.632. The van der Waals surface area contributed by atoms with Crippen LogP contribution in [0.4, 0.5) is 0 Å². The third-order valence-corrected chi connectivity index (χ3v) is 5.79. The summed E-state index contributed by atoms with van der Waals surface area (Å²) in [5.74, 6) is 0.163. The van der Waals surface area contributed by atoms with Gasteiger partial charge >= 0.3 is 0 Å². The van der Waals surface area contributed by atoms with Crippen LogP contribution in [0, 0.1) is 5.41 Å². The fourth-order valence-corrected chi connectivity index (χ4v) is 3.86. The quantitative estimate of drug-likeness (QED) is 0.931. The van der Waals surface area contributed by atoms with Gasteiger partial charge in [0.2, 0.25) is 0 Å². The smallest absolute Gasteiger partial charge is 0.253 e. The number of piperidine rings is 1. The highest BCUT2D eigenvalue weighted by Crippen LogP contribution is 2.34. The highest BCUT2D eigenvalue weighted by Gasteiger charge is 2.34. The molecule has 0 unspecified atom stereocenters. The minimum Gasteiger partial charge on any atom is -0.396 e. The Bertz CT molecular complexity index is 538. The van der Waals surface area contributed by atoms with Crippen LogP contribution in [0.1, 0.15) is 60.5 Å². The third kappa shape index (κ3) is 2.91. The molecule has 1 aliphatic carbocycles. The summed E-state index contributed by atoms with van der Waals surface area (Å²) >= 11 is 0. The molecule has 1 heterocycles. The van der Waals surface area contributed by atoms with Crippen molar-refractivity contribution in [2.24, 2.45) is 5.41 Å². The van der Waals surface area contributed by atoms with Gasteiger partial charge in [-0.2, -0.15) is 0 Å². The normalized spacial score (nSPS) is 20.5. The molecule has 1 N–H and O–H groups in total. The van der Waals surface area contributed by atoms with Gasteiger partial charge in [-0.05, 0) is 73.6 Å². The van der Waals surface area contributed by atoms with Crippen LogP contribution in [-0.2, 0) is 12.8 Å². The number of nitrogens with zero attached hydrogens (tertiary/aromatic N) is 1. The topological polar surface area (TPSA) is 40.5 Å². The summed E-state index contributed by atoms with van der Waals surface area (Å²) in [5.41, 5.74) is 3.67. The molecule has 3 rings (SSSR count). The fourth-order valence-electron chi connectivity index (χ4n) is 3.86. The number of amides is 1. The molecule has 1 amide bonds. The zero-order valence-electron chi connectivity index (χ0n) is 13.6. The lowest BCUT2D eigenvalue weighted by Crippen LogP contribution is -2.44. The van der Waals surface area contributed by atoms with Crippen molar-refractivity contribution in [3.63, 3.8) is 0 Å². The van der Waals surface area contributed by atoms with Crippen molar-refractivity contribution in [3.8, 4) is 0 Å². The van der Waals surface area contributed by atoms with E-state index in [2.05, 4.69) is 19.1 Å². The Kier molecular flexibility index (Phi) is 4.53. The van der Waals surface area contributed by atoms with Gasteiger partial charge in [-0.25, -0.2) is 0 Å². The number of carbonyl (C=O) groups excluding carboxylic acids is 1. The minimum atomic E-state index is 0.0344. The lowest BCUT2D eigenvalue weighted by Gasteiger charge is -2.40. The second-order valence-electron chi connectivity index (χ2n) is 6.99. The molecule has 0 radical (unpaired) electrons. The number of rotatable bonds is 3. The van der Waals surface area contributed by atoms with Crippen LogP contribution in [0.5, 0.6) is 0 Å². The zero-order valence-corrected chi connectivity index (χ0v) is 13.6. The van der Waals surface area contributed by atoms with Gasteiger partial charge in [-0.3, -0.25) is 4.79 Å². The predicted octanol–water partition coefficient (Wildman–Crippen LogP) is 3.19. The van der Waals surface area contributed by atoms with Crippen molar-refractivity contribution in [3.05, 3.63) is 34.9 Å². The standard InChI is InChI=1S/C19H27NO2/c1-2-19(14-21)9-11-20(12-10-19)18(22)17-8-7-15-5-3-4-6-16(15)13-17/h7-8,13,21H,2-6,9-12,14H2,1H3. The molecule has 0 saturated carbocycles. The maximum absolute atomic E-state index is 12.7. The van der Waals surface area contributed by atoms with Crippen molar-refractivity contribution in [1.29, 1.82) is 0 Å². The number of carbonyl (C=O) groups is 1. The van der Waals surface area contributed by atoms with Gasteiger partial charge in [0.05, 0.1) is 0 Å². The first kappa shape index (κ1) is 15.5. The van der Waals surface area contributed by atoms with E-state index in [0.717, 1.165) is 50.8 Å². The van der Waals surface area contributed by atoms with E-state index in [1.54, 1.807) is 0 Å². The summed E-state index contributed by atoms with van der Waals surface area (Å²) in [5, 5.41) is 9.61. The van der Waals surface area contributed by atoms with Gasteiger partial charge < -0.3 is 10.0 Å². The molecule has 1 aromatic rings. The lowest BCUT2D eigenvalue weighted by molar-refractivity contribution is 0.0338. The van der Waals surface area contributed by atoms with Crippen molar-refractivity contribution in [2.75, 3.05) is 19.7 Å². The number of benzene rings is 1. The van der Waals surface area contributed by atoms with Gasteiger partial charge in [0.1, 0.15) is 0 Å². The largest absolute Gasteiger partial charge is 0.396 e. The molecule has 3 heteroatoms. The average Bonchev–Trinajstić information content (AvgIpc) is 2.61. The van der Waals surface area contributed by atoms with Gasteiger partial charge in [0, 0.05) is 25.3 Å². The summed E-state index contributed by atoms with van der Waals surface area (Å²) in [4.78, 5) is 14.7. The van der Waals surface area contributed by atoms with E-state index < -0.39 is 0 Å². The van der Waals surface area contributed by atoms with Crippen LogP contribution in [0.25, 0.3) is 0 Å². The van der Waals surface area contributed by atoms with Crippen LogP contribution >= 0.6 is 0 Å². The number of aliphatic hydroxyl groups excluding tert-OH is 1. The molecule has 2 aliphatic rings. The van der Waals surface area contributed by atoms with E-state index in [4.69, 9.17) is 0 Å². The summed E-state index contributed by atoms with van der Waals surface area (Å²) in [7, 11) is 0. The van der Waals surface area contributed by atoms with Crippen molar-refractivity contribution in [2.45, 2.75) is 51.9 Å². The second kappa shape index (κ2) is 6.41. The maximum Gasteiger partial charge on any atom is 0.253 e. The second-order valence-corrected chi connectivity index (χ2v) is 6.99. The molecule has 0 aromatic heterocycles. The van der Waals surface area contributed by atoms with E-state index in [9.17, 15) is 9.90 Å². The highest BCUT2D eigenvalue weighted by atomic mass is 16.3. The molecule has 1 aliphatic heterocycles. The van der Waals surface area contributed by atoms with Crippen LogP contribution < -0.4 is 0 Å². The van der Waals surface area contributed by atoms with E-state index >= 15 is 0 Å². The lowest BCUT2D eigenvalue weighted by atomic mass is 9.77. The minimum absolute atomic E-state index is 0.0344. The highest BCUT2D eigenvalue weighted by molar-refractivity contribution is 5.94. The SMILES string of the molecule is CCC1(CO)CCN(C(=O)c2ccc3c(c2)CCCC3)CC1. The maximum atomic E-state index is 12.7. The van der Waals surface area contributed by atoms with Gasteiger partial charge in [0.15, 0.2) is 0 Å². The van der Waals surface area contributed by atoms with E-state index in [1.807, 2.05) is 11.0 Å². The molecule has 0 spiro atoms. The van der Waals surface area contributed by atoms with Crippen molar-refractivity contribution < 1.29 is 9.90 Å². The Morgan fingerprint density at radius 2 is 1.86 bits per heavy atom. The van der Waals surface area contributed by atoms with E-state index in [0.29, 0.717) is 0 Å². The molecule has 0 bridgehead atoms. The predicted molar refractivity (Wildman–Crippen MR) is 88.0 cm³/mol. The third-order valence-electron chi connectivity index (χ3n) is 5.79. The Labute approximate surface area is 133 Å². The van der Waals surface area contributed by atoms with Crippen LogP contribution in [0.2, 0.25) is 0 Å². The molecular formula is C19H27NO2. The molecular weight excluding hydrogens is 274 g/mol. The van der Waals surface area contributed by atoms with E-state index in [-0.39, 0.29) is 17.9 Å². The van der Waals surface area contributed by atoms with Gasteiger partial charge in [-0.1, -0.05) is 13.0 Å². The molecule has 22 heavy (non-hydrogen) atoms. The first-order chi connectivity index (χ1) is 10.7. The Balaban J connectivity index is 1.70. The molecule has 1 aromatic carbocycles. The number of aryl methyl sites for hydroxylation is 2. The summed E-state index contributed by atoms with van der Waals surface area (Å²) in [6.45, 7) is 3.91. The van der Waals surface area contributed by atoms with Crippen molar-refractivity contribution in [1.82, 2.24) is 4.90 Å². The first-order valence-electron chi connectivity index (χ1n) is 8.69. The zero-order chi connectivity index (χ0) is 15.6. The summed E-state index contributed by atoms with van der Waals surface area (Å²) in [6, 6.07) is 6.26.